The lowest BCUT2D eigenvalue weighted by molar-refractivity contribution is -0.231. The first-order chi connectivity index (χ1) is 16.0. The summed E-state index contributed by atoms with van der Waals surface area (Å²) in [7, 11) is 0.364. The van der Waals surface area contributed by atoms with E-state index < -0.39 is 21.7 Å². The van der Waals surface area contributed by atoms with E-state index in [0.29, 0.717) is 34.4 Å². The third kappa shape index (κ3) is 5.58. The van der Waals surface area contributed by atoms with Gasteiger partial charge in [-0.1, -0.05) is 6.92 Å². The Bertz CT molecular complexity index is 1250. The Morgan fingerprint density at radius 2 is 1.85 bits per heavy atom. The monoisotopic (exact) mass is 490 g/mol. The minimum atomic E-state index is -3.33. The largest absolute Gasteiger partial charge is 0.347 e. The number of rotatable bonds is 7. The number of ether oxygens (including phenoxy) is 2. The second-order valence-electron chi connectivity index (χ2n) is 8.85. The molecule has 1 aliphatic heterocycles. The first-order valence-electron chi connectivity index (χ1n) is 10.6. The van der Waals surface area contributed by atoms with Crippen molar-refractivity contribution in [1.29, 1.82) is 0 Å². The van der Waals surface area contributed by atoms with Crippen LogP contribution in [0.4, 0.5) is 10.3 Å². The first kappa shape index (κ1) is 24.2. The molecule has 1 aliphatic rings. The van der Waals surface area contributed by atoms with Gasteiger partial charge in [-0.25, -0.2) is 32.5 Å². The molecule has 0 unspecified atom stereocenters. The van der Waals surface area contributed by atoms with E-state index in [4.69, 9.17) is 14.5 Å². The quantitative estimate of drug-likeness (QED) is 0.518. The lowest BCUT2D eigenvalue weighted by Gasteiger charge is -2.36. The summed E-state index contributed by atoms with van der Waals surface area (Å²) in [5.74, 6) is 0.606. The molecule has 0 saturated carbocycles. The van der Waals surface area contributed by atoms with Crippen molar-refractivity contribution in [3.05, 3.63) is 48.2 Å². The van der Waals surface area contributed by atoms with E-state index in [1.807, 2.05) is 21.0 Å². The molecule has 0 bridgehead atoms. The molecular formula is C22H27FN6O4S. The van der Waals surface area contributed by atoms with Crippen LogP contribution < -0.4 is 9.62 Å². The van der Waals surface area contributed by atoms with Crippen molar-refractivity contribution in [1.82, 2.24) is 24.7 Å². The van der Waals surface area contributed by atoms with Crippen LogP contribution in [-0.2, 0) is 19.5 Å². The number of imidazole rings is 1. The summed E-state index contributed by atoms with van der Waals surface area (Å²) in [6.07, 6.45) is 1.98. The fourth-order valence-electron chi connectivity index (χ4n) is 3.42. The van der Waals surface area contributed by atoms with Gasteiger partial charge in [0.2, 0.25) is 22.3 Å². The molecule has 1 fully saturated rings. The molecule has 2 N–H and O–H groups in total. The number of nitrogens with one attached hydrogen (secondary N) is 2. The standard InChI is InChI=1S/C22H27FN6O4S/c1-22(11-25-34(4,30)31)12-32-20(33-13-22)19-27-17(14-5-7-15(23)8-6-14)18(28-19)16-9-10-24-21(26-16)29(2)3/h5-10,20,25H,11-13H2,1-4H3,(H,27,28). The summed E-state index contributed by atoms with van der Waals surface area (Å²) in [4.78, 5) is 18.6. The number of hydrogen-bond acceptors (Lipinski definition) is 8. The second-order valence-corrected chi connectivity index (χ2v) is 10.7. The molecule has 0 amide bonds. The Kier molecular flexibility index (Phi) is 6.67. The number of benzene rings is 1. The van der Waals surface area contributed by atoms with Crippen molar-refractivity contribution in [3.8, 4) is 22.6 Å². The van der Waals surface area contributed by atoms with Gasteiger partial charge in [-0.05, 0) is 30.3 Å². The molecule has 182 valence electrons. The molecule has 0 radical (unpaired) electrons. The summed E-state index contributed by atoms with van der Waals surface area (Å²) in [5, 5.41) is 0. The van der Waals surface area contributed by atoms with E-state index in [1.54, 1.807) is 29.3 Å². The zero-order valence-corrected chi connectivity index (χ0v) is 20.2. The normalized spacial score (nSPS) is 20.9. The van der Waals surface area contributed by atoms with Gasteiger partial charge in [0.15, 0.2) is 5.82 Å². The highest BCUT2D eigenvalue weighted by molar-refractivity contribution is 7.88. The van der Waals surface area contributed by atoms with E-state index in [1.165, 1.54) is 12.1 Å². The lowest BCUT2D eigenvalue weighted by atomic mass is 9.92. The van der Waals surface area contributed by atoms with Gasteiger partial charge in [-0.2, -0.15) is 0 Å². The number of aromatic amines is 1. The average molecular weight is 491 g/mol. The molecular weight excluding hydrogens is 463 g/mol. The van der Waals surface area contributed by atoms with Crippen LogP contribution in [0.2, 0.25) is 0 Å². The number of H-pyrrole nitrogens is 1. The van der Waals surface area contributed by atoms with E-state index in [-0.39, 0.29) is 25.6 Å². The number of aromatic nitrogens is 4. The highest BCUT2D eigenvalue weighted by Crippen LogP contribution is 2.35. The summed E-state index contributed by atoms with van der Waals surface area (Å²) in [6.45, 7) is 2.60. The Balaban J connectivity index is 1.64. The zero-order valence-electron chi connectivity index (χ0n) is 19.4. The number of nitrogens with zero attached hydrogens (tertiary/aromatic N) is 4. The number of hydrogen-bond donors (Lipinski definition) is 2. The molecule has 3 aromatic rings. The van der Waals surface area contributed by atoms with Crippen molar-refractivity contribution in [2.45, 2.75) is 13.2 Å². The average Bonchev–Trinajstić information content (AvgIpc) is 3.24. The number of anilines is 1. The van der Waals surface area contributed by atoms with Crippen molar-refractivity contribution in [2.24, 2.45) is 5.41 Å². The van der Waals surface area contributed by atoms with Crippen molar-refractivity contribution >= 4 is 16.0 Å². The third-order valence-corrected chi connectivity index (χ3v) is 5.96. The molecule has 1 saturated heterocycles. The Morgan fingerprint density at radius 3 is 2.47 bits per heavy atom. The van der Waals surface area contributed by atoms with E-state index in [0.717, 1.165) is 6.26 Å². The first-order valence-corrected chi connectivity index (χ1v) is 12.5. The number of halogens is 1. The van der Waals surface area contributed by atoms with Crippen LogP contribution >= 0.6 is 0 Å². The fourth-order valence-corrected chi connectivity index (χ4v) is 4.03. The molecule has 1 aromatic carbocycles. The predicted molar refractivity (Wildman–Crippen MR) is 125 cm³/mol. The molecule has 10 nitrogen and oxygen atoms in total. The van der Waals surface area contributed by atoms with Gasteiger partial charge >= 0.3 is 0 Å². The van der Waals surface area contributed by atoms with Gasteiger partial charge < -0.3 is 19.4 Å². The topological polar surface area (TPSA) is 122 Å². The van der Waals surface area contributed by atoms with Gasteiger partial charge in [-0.15, -0.1) is 0 Å². The Hall–Kier alpha value is -2.93. The van der Waals surface area contributed by atoms with Crippen LogP contribution in [0.1, 0.15) is 19.0 Å². The molecule has 2 aromatic heterocycles. The molecule has 0 spiro atoms. The molecule has 0 aliphatic carbocycles. The smallest absolute Gasteiger partial charge is 0.225 e. The maximum absolute atomic E-state index is 13.5. The SMILES string of the molecule is CN(C)c1nccc(-c2[nH]c(C3OCC(C)(CNS(C)(=O)=O)CO3)nc2-c2ccc(F)cc2)n1. The number of sulfonamides is 1. The van der Waals surface area contributed by atoms with Crippen LogP contribution in [0.3, 0.4) is 0 Å². The highest BCUT2D eigenvalue weighted by atomic mass is 32.2. The lowest BCUT2D eigenvalue weighted by Crippen LogP contribution is -2.45. The van der Waals surface area contributed by atoms with Crippen LogP contribution in [0.5, 0.6) is 0 Å². The van der Waals surface area contributed by atoms with Gasteiger partial charge in [0, 0.05) is 37.8 Å². The summed E-state index contributed by atoms with van der Waals surface area (Å²) in [6, 6.07) is 7.78. The minimum Gasteiger partial charge on any atom is -0.347 e. The molecule has 3 heterocycles. The predicted octanol–water partition coefficient (Wildman–Crippen LogP) is 2.34. The van der Waals surface area contributed by atoms with Gasteiger partial charge in [0.1, 0.15) is 5.82 Å². The van der Waals surface area contributed by atoms with Gasteiger partial charge in [-0.3, -0.25) is 0 Å². The summed E-state index contributed by atoms with van der Waals surface area (Å²) in [5.41, 5.74) is 1.96. The molecule has 34 heavy (non-hydrogen) atoms. The van der Waals surface area contributed by atoms with Crippen molar-refractivity contribution in [3.63, 3.8) is 0 Å². The van der Waals surface area contributed by atoms with Gasteiger partial charge in [0.05, 0.1) is 36.6 Å². The Labute approximate surface area is 197 Å². The molecule has 0 atom stereocenters. The minimum absolute atomic E-state index is 0.192. The Morgan fingerprint density at radius 1 is 1.18 bits per heavy atom. The van der Waals surface area contributed by atoms with Crippen LogP contribution in [0, 0.1) is 11.2 Å². The molecule has 4 rings (SSSR count). The zero-order chi connectivity index (χ0) is 24.5. The molecule has 12 heteroatoms. The van der Waals surface area contributed by atoms with E-state index in [9.17, 15) is 12.8 Å². The highest BCUT2D eigenvalue weighted by Gasteiger charge is 2.35. The third-order valence-electron chi connectivity index (χ3n) is 5.29. The summed E-state index contributed by atoms with van der Waals surface area (Å²) < 4.78 is 50.8. The fraction of sp³-hybridized carbons (Fsp3) is 0.409. The maximum Gasteiger partial charge on any atom is 0.225 e. The van der Waals surface area contributed by atoms with Crippen LogP contribution in [0.25, 0.3) is 22.6 Å². The second kappa shape index (κ2) is 9.37. The van der Waals surface area contributed by atoms with Crippen molar-refractivity contribution < 1.29 is 22.3 Å². The van der Waals surface area contributed by atoms with Gasteiger partial charge in [0.25, 0.3) is 0 Å². The van der Waals surface area contributed by atoms with E-state index in [2.05, 4.69) is 19.7 Å². The van der Waals surface area contributed by atoms with Crippen LogP contribution in [-0.4, -0.2) is 68.5 Å². The summed E-state index contributed by atoms with van der Waals surface area (Å²) >= 11 is 0. The van der Waals surface area contributed by atoms with E-state index >= 15 is 0 Å². The van der Waals surface area contributed by atoms with Crippen molar-refractivity contribution in [2.75, 3.05) is 45.0 Å². The van der Waals surface area contributed by atoms with Crippen LogP contribution in [0.15, 0.2) is 36.5 Å². The maximum atomic E-state index is 13.5.